The van der Waals surface area contributed by atoms with E-state index in [1.807, 2.05) is 6.07 Å². The number of piperidine rings is 1. The van der Waals surface area contributed by atoms with E-state index in [0.717, 1.165) is 26.1 Å². The Morgan fingerprint density at radius 3 is 2.62 bits per heavy atom. The van der Waals surface area contributed by atoms with Crippen molar-refractivity contribution in [3.05, 3.63) is 35.9 Å². The molecule has 1 heterocycles. The van der Waals surface area contributed by atoms with Crippen molar-refractivity contribution < 1.29 is 5.11 Å². The van der Waals surface area contributed by atoms with Gasteiger partial charge in [0.15, 0.2) is 0 Å². The van der Waals surface area contributed by atoms with Crippen molar-refractivity contribution in [1.82, 2.24) is 4.90 Å². The lowest BCUT2D eigenvalue weighted by atomic mass is 9.82. The standard InChI is InChI=1S/C14H21NO/c1-14(2)8-13(16)10-15(11-14)9-12-6-4-3-5-7-12/h3-7,13,16H,8-11H2,1-2H3/t13-/m0/s1. The van der Waals surface area contributed by atoms with E-state index in [1.165, 1.54) is 5.56 Å². The van der Waals surface area contributed by atoms with Crippen LogP contribution in [0.5, 0.6) is 0 Å². The van der Waals surface area contributed by atoms with Crippen molar-refractivity contribution in [3.63, 3.8) is 0 Å². The highest BCUT2D eigenvalue weighted by molar-refractivity contribution is 5.14. The van der Waals surface area contributed by atoms with Gasteiger partial charge in [-0.1, -0.05) is 44.2 Å². The third kappa shape index (κ3) is 3.06. The summed E-state index contributed by atoms with van der Waals surface area (Å²) in [5.74, 6) is 0. The molecule has 88 valence electrons. The molecule has 0 unspecified atom stereocenters. The number of aliphatic hydroxyl groups is 1. The number of benzene rings is 1. The first kappa shape index (κ1) is 11.6. The topological polar surface area (TPSA) is 23.5 Å². The minimum atomic E-state index is -0.174. The van der Waals surface area contributed by atoms with Crippen LogP contribution in [0.4, 0.5) is 0 Å². The van der Waals surface area contributed by atoms with E-state index >= 15 is 0 Å². The van der Waals surface area contributed by atoms with Gasteiger partial charge in [0.1, 0.15) is 0 Å². The third-order valence-electron chi connectivity index (χ3n) is 3.16. The van der Waals surface area contributed by atoms with Gasteiger partial charge in [0.05, 0.1) is 6.10 Å². The summed E-state index contributed by atoms with van der Waals surface area (Å²) >= 11 is 0. The fourth-order valence-corrected chi connectivity index (χ4v) is 2.70. The predicted octanol–water partition coefficient (Wildman–Crippen LogP) is 2.28. The molecule has 1 fully saturated rings. The number of rotatable bonds is 2. The first-order valence-corrected chi connectivity index (χ1v) is 5.99. The highest BCUT2D eigenvalue weighted by atomic mass is 16.3. The van der Waals surface area contributed by atoms with Gasteiger partial charge in [0, 0.05) is 19.6 Å². The summed E-state index contributed by atoms with van der Waals surface area (Å²) in [7, 11) is 0. The second-order valence-electron chi connectivity index (χ2n) is 5.68. The quantitative estimate of drug-likeness (QED) is 0.825. The molecular weight excluding hydrogens is 198 g/mol. The second-order valence-corrected chi connectivity index (χ2v) is 5.68. The zero-order chi connectivity index (χ0) is 11.6. The van der Waals surface area contributed by atoms with E-state index in [-0.39, 0.29) is 11.5 Å². The molecule has 0 radical (unpaired) electrons. The average molecular weight is 219 g/mol. The Balaban J connectivity index is 2.00. The van der Waals surface area contributed by atoms with Gasteiger partial charge in [-0.15, -0.1) is 0 Å². The normalized spacial score (nSPS) is 25.6. The number of β-amino-alcohol motifs (C(OH)–C–C–N with tert-alkyl or cyclic N) is 1. The lowest BCUT2D eigenvalue weighted by molar-refractivity contribution is 0.00274. The molecule has 1 aromatic carbocycles. The van der Waals surface area contributed by atoms with Crippen LogP contribution >= 0.6 is 0 Å². The number of likely N-dealkylation sites (tertiary alicyclic amines) is 1. The van der Waals surface area contributed by atoms with Gasteiger partial charge < -0.3 is 5.11 Å². The summed E-state index contributed by atoms with van der Waals surface area (Å²) in [4.78, 5) is 2.35. The summed E-state index contributed by atoms with van der Waals surface area (Å²) < 4.78 is 0. The van der Waals surface area contributed by atoms with E-state index in [4.69, 9.17) is 0 Å². The van der Waals surface area contributed by atoms with Gasteiger partial charge in [-0.2, -0.15) is 0 Å². The van der Waals surface area contributed by atoms with Crippen molar-refractivity contribution in [2.75, 3.05) is 13.1 Å². The summed E-state index contributed by atoms with van der Waals surface area (Å²) in [6.07, 6.45) is 0.741. The average Bonchev–Trinajstić information content (AvgIpc) is 2.15. The van der Waals surface area contributed by atoms with Crippen molar-refractivity contribution in [2.45, 2.75) is 32.9 Å². The highest BCUT2D eigenvalue weighted by Gasteiger charge is 2.31. The third-order valence-corrected chi connectivity index (χ3v) is 3.16. The van der Waals surface area contributed by atoms with Gasteiger partial charge >= 0.3 is 0 Å². The largest absolute Gasteiger partial charge is 0.392 e. The van der Waals surface area contributed by atoms with Crippen molar-refractivity contribution in [1.29, 1.82) is 0 Å². The number of aliphatic hydroxyl groups excluding tert-OH is 1. The minimum Gasteiger partial charge on any atom is -0.392 e. The fraction of sp³-hybridized carbons (Fsp3) is 0.571. The maximum Gasteiger partial charge on any atom is 0.0672 e. The Bertz CT molecular complexity index is 334. The molecule has 0 saturated carbocycles. The zero-order valence-electron chi connectivity index (χ0n) is 10.2. The molecule has 1 aliphatic heterocycles. The van der Waals surface area contributed by atoms with Crippen molar-refractivity contribution >= 4 is 0 Å². The van der Waals surface area contributed by atoms with Crippen LogP contribution in [-0.4, -0.2) is 29.2 Å². The van der Waals surface area contributed by atoms with E-state index in [9.17, 15) is 5.11 Å². The SMILES string of the molecule is CC1(C)C[C@H](O)CN(Cc2ccccc2)C1. The fourth-order valence-electron chi connectivity index (χ4n) is 2.70. The summed E-state index contributed by atoms with van der Waals surface area (Å²) in [5.41, 5.74) is 1.55. The number of hydrogen-bond donors (Lipinski definition) is 1. The Hall–Kier alpha value is -0.860. The zero-order valence-corrected chi connectivity index (χ0v) is 10.2. The maximum atomic E-state index is 9.85. The van der Waals surface area contributed by atoms with Crippen LogP contribution < -0.4 is 0 Å². The van der Waals surface area contributed by atoms with E-state index in [2.05, 4.69) is 43.0 Å². The molecule has 1 atom stereocenters. The Morgan fingerprint density at radius 1 is 1.31 bits per heavy atom. The molecule has 0 bridgehead atoms. The van der Waals surface area contributed by atoms with Crippen LogP contribution in [0.15, 0.2) is 30.3 Å². The number of hydrogen-bond acceptors (Lipinski definition) is 2. The molecule has 0 spiro atoms. The van der Waals surface area contributed by atoms with Crippen LogP contribution in [0.3, 0.4) is 0 Å². The molecule has 1 saturated heterocycles. The molecule has 2 nitrogen and oxygen atoms in total. The molecule has 0 aliphatic carbocycles. The molecule has 2 heteroatoms. The highest BCUT2D eigenvalue weighted by Crippen LogP contribution is 2.29. The van der Waals surface area contributed by atoms with E-state index < -0.39 is 0 Å². The van der Waals surface area contributed by atoms with E-state index in [0.29, 0.717) is 0 Å². The predicted molar refractivity (Wildman–Crippen MR) is 66.1 cm³/mol. The van der Waals surface area contributed by atoms with Crippen LogP contribution in [0.25, 0.3) is 0 Å². The van der Waals surface area contributed by atoms with Gasteiger partial charge in [-0.05, 0) is 17.4 Å². The van der Waals surface area contributed by atoms with Gasteiger partial charge in [0.25, 0.3) is 0 Å². The Morgan fingerprint density at radius 2 is 2.00 bits per heavy atom. The van der Waals surface area contributed by atoms with E-state index in [1.54, 1.807) is 0 Å². The summed E-state index contributed by atoms with van der Waals surface area (Å²) in [6, 6.07) is 10.5. The van der Waals surface area contributed by atoms with Crippen LogP contribution in [0.1, 0.15) is 25.8 Å². The maximum absolute atomic E-state index is 9.85. The molecule has 0 aromatic heterocycles. The van der Waals surface area contributed by atoms with Gasteiger partial charge in [-0.3, -0.25) is 4.90 Å². The Labute approximate surface area is 97.9 Å². The molecular formula is C14H21NO. The molecule has 2 rings (SSSR count). The first-order valence-electron chi connectivity index (χ1n) is 5.99. The second kappa shape index (κ2) is 4.56. The van der Waals surface area contributed by atoms with Gasteiger partial charge in [0.2, 0.25) is 0 Å². The summed E-state index contributed by atoms with van der Waals surface area (Å²) in [6.45, 7) is 7.28. The van der Waals surface area contributed by atoms with Crippen LogP contribution in [0, 0.1) is 5.41 Å². The Kier molecular flexibility index (Phi) is 3.31. The smallest absolute Gasteiger partial charge is 0.0672 e. The summed E-state index contributed by atoms with van der Waals surface area (Å²) in [5, 5.41) is 9.85. The number of nitrogens with zero attached hydrogens (tertiary/aromatic N) is 1. The molecule has 1 aromatic rings. The molecule has 0 amide bonds. The molecule has 1 aliphatic rings. The van der Waals surface area contributed by atoms with Crippen molar-refractivity contribution in [3.8, 4) is 0 Å². The lowest BCUT2D eigenvalue weighted by Gasteiger charge is -2.40. The van der Waals surface area contributed by atoms with Crippen molar-refractivity contribution in [2.24, 2.45) is 5.41 Å². The van der Waals surface area contributed by atoms with Crippen LogP contribution in [-0.2, 0) is 6.54 Å². The van der Waals surface area contributed by atoms with Crippen LogP contribution in [0.2, 0.25) is 0 Å². The van der Waals surface area contributed by atoms with Gasteiger partial charge in [-0.25, -0.2) is 0 Å². The first-order chi connectivity index (χ1) is 7.55. The lowest BCUT2D eigenvalue weighted by Crippen LogP contribution is -2.46. The minimum absolute atomic E-state index is 0.174. The molecule has 16 heavy (non-hydrogen) atoms. The molecule has 1 N–H and O–H groups in total. The monoisotopic (exact) mass is 219 g/mol.